The molecule has 2 heterocycles. The van der Waals surface area contributed by atoms with E-state index in [2.05, 4.69) is 30.9 Å². The van der Waals surface area contributed by atoms with Gasteiger partial charge in [0, 0.05) is 23.1 Å². The Hall–Kier alpha value is -3.58. The molecule has 1 saturated carbocycles. The molecule has 0 saturated heterocycles. The van der Waals surface area contributed by atoms with E-state index in [9.17, 15) is 13.2 Å². The number of benzene rings is 1. The number of amides is 1. The summed E-state index contributed by atoms with van der Waals surface area (Å²) >= 11 is 0. The molecule has 1 amide bonds. The summed E-state index contributed by atoms with van der Waals surface area (Å²) in [5.41, 5.74) is 0.704. The van der Waals surface area contributed by atoms with Gasteiger partial charge in [0.05, 0.1) is 24.0 Å². The second-order valence-corrected chi connectivity index (χ2v) is 8.67. The van der Waals surface area contributed by atoms with E-state index in [0.29, 0.717) is 22.8 Å². The maximum atomic E-state index is 12.8. The van der Waals surface area contributed by atoms with E-state index in [1.165, 1.54) is 24.2 Å². The molecule has 13 heteroatoms. The first kappa shape index (κ1) is 18.0. The number of rotatable bonds is 8. The molecule has 12 nitrogen and oxygen atoms in total. The van der Waals surface area contributed by atoms with Crippen LogP contribution in [0.25, 0.3) is 11.4 Å². The van der Waals surface area contributed by atoms with Crippen molar-refractivity contribution in [2.45, 2.75) is 17.9 Å². The molecule has 0 unspecified atom stereocenters. The molecular formula is C19H22N8O4S. The lowest BCUT2D eigenvalue weighted by Crippen LogP contribution is -2.22. The highest BCUT2D eigenvalue weighted by molar-refractivity contribution is 7.89. The van der Waals surface area contributed by atoms with Crippen LogP contribution in [0.3, 0.4) is 0 Å². The van der Waals surface area contributed by atoms with Crippen LogP contribution in [-0.2, 0) is 21.9 Å². The summed E-state index contributed by atoms with van der Waals surface area (Å²) in [6, 6.07) is 6.27. The molecule has 168 valence electrons. The lowest BCUT2D eigenvalue weighted by Gasteiger charge is -2.16. The normalized spacial score (nSPS) is 15.4. The minimum Gasteiger partial charge on any atom is -0.494 e. The smallest absolute Gasteiger partial charge is 0.261 e. The largest absolute Gasteiger partial charge is 0.494 e. The highest BCUT2D eigenvalue weighted by atomic mass is 32.2. The van der Waals surface area contributed by atoms with Crippen molar-refractivity contribution in [2.75, 3.05) is 24.7 Å². The highest BCUT2D eigenvalue weighted by Gasteiger charge is 2.30. The third-order valence-corrected chi connectivity index (χ3v) is 5.76. The van der Waals surface area contributed by atoms with Crippen LogP contribution in [0.4, 0.5) is 17.2 Å². The maximum Gasteiger partial charge on any atom is 0.261 e. The second kappa shape index (κ2) is 8.51. The van der Waals surface area contributed by atoms with Gasteiger partial charge in [0.2, 0.25) is 10.9 Å². The summed E-state index contributed by atoms with van der Waals surface area (Å²) in [7, 11) is -1.49. The molecule has 0 bridgehead atoms. The molecule has 1 fully saturated rings. The molecule has 3 aromatic rings. The van der Waals surface area contributed by atoms with Crippen molar-refractivity contribution in [1.82, 2.24) is 29.7 Å². The maximum absolute atomic E-state index is 12.8. The SMILES string of the molecule is [2H]C([2H])([2H])NS(=O)(=O)c1nnc(NC(=O)C2CC2)cc1Nc1cccc(-c2ncn(C)n2)c1OC. The minimum absolute atomic E-state index is 0.00116. The molecule has 4 rings (SSSR count). The molecule has 0 atom stereocenters. The van der Waals surface area contributed by atoms with E-state index >= 15 is 0 Å². The molecule has 0 aliphatic heterocycles. The van der Waals surface area contributed by atoms with Crippen molar-refractivity contribution in [3.8, 4) is 17.1 Å². The first-order valence-electron chi connectivity index (χ1n) is 11.0. The number of sulfonamides is 1. The Labute approximate surface area is 188 Å². The van der Waals surface area contributed by atoms with E-state index in [4.69, 9.17) is 8.85 Å². The number of ether oxygens (including phenoxy) is 1. The molecule has 1 aromatic carbocycles. The number of nitrogens with one attached hydrogen (secondary N) is 3. The van der Waals surface area contributed by atoms with Crippen LogP contribution in [0.15, 0.2) is 35.6 Å². The number of aryl methyl sites for hydroxylation is 1. The van der Waals surface area contributed by atoms with Crippen molar-refractivity contribution >= 4 is 33.1 Å². The first-order chi connectivity index (χ1) is 16.5. The van der Waals surface area contributed by atoms with Crippen molar-refractivity contribution in [2.24, 2.45) is 13.0 Å². The Morgan fingerprint density at radius 1 is 1.28 bits per heavy atom. The second-order valence-electron chi connectivity index (χ2n) is 7.07. The number of methoxy groups -OCH3 is 1. The van der Waals surface area contributed by atoms with Gasteiger partial charge in [-0.2, -0.15) is 5.10 Å². The van der Waals surface area contributed by atoms with Crippen molar-refractivity contribution in [3.05, 3.63) is 30.6 Å². The van der Waals surface area contributed by atoms with Gasteiger partial charge in [-0.05, 0) is 32.0 Å². The van der Waals surface area contributed by atoms with Gasteiger partial charge in [-0.3, -0.25) is 9.48 Å². The van der Waals surface area contributed by atoms with Gasteiger partial charge in [-0.25, -0.2) is 18.1 Å². The van der Waals surface area contributed by atoms with E-state index in [0.717, 1.165) is 12.8 Å². The fraction of sp³-hybridized carbons (Fsp3) is 0.316. The number of aromatic nitrogens is 5. The molecule has 32 heavy (non-hydrogen) atoms. The van der Waals surface area contributed by atoms with Gasteiger partial charge >= 0.3 is 0 Å². The number of carbonyl (C=O) groups is 1. The van der Waals surface area contributed by atoms with Crippen molar-refractivity contribution in [1.29, 1.82) is 0 Å². The van der Waals surface area contributed by atoms with Gasteiger partial charge in [-0.1, -0.05) is 6.07 Å². The predicted molar refractivity (Wildman–Crippen MR) is 116 cm³/mol. The average Bonchev–Trinajstić information content (AvgIpc) is 3.53. The van der Waals surface area contributed by atoms with Crippen LogP contribution >= 0.6 is 0 Å². The number of hydrogen-bond acceptors (Lipinski definition) is 9. The van der Waals surface area contributed by atoms with Crippen LogP contribution in [0.1, 0.15) is 17.0 Å². The highest BCUT2D eigenvalue weighted by Crippen LogP contribution is 2.37. The van der Waals surface area contributed by atoms with Crippen molar-refractivity contribution < 1.29 is 22.1 Å². The van der Waals surface area contributed by atoms with Crippen LogP contribution < -0.4 is 20.1 Å². The zero-order valence-corrected chi connectivity index (χ0v) is 18.0. The van der Waals surface area contributed by atoms with E-state index in [1.807, 2.05) is 0 Å². The standard InChI is InChI=1S/C19H22N8O4S/c1-20-32(29,30)19-14(9-15(24-25-19)23-18(28)11-7-8-11)22-13-6-4-5-12(16(13)31-3)17-21-10-27(2)26-17/h4-6,9-11,20H,7-8H2,1-3H3,(H2,22,23,24,28)/i1D3. The molecule has 0 radical (unpaired) electrons. The number of carbonyl (C=O) groups excluding carboxylic acids is 1. The topological polar surface area (TPSA) is 153 Å². The number of para-hydroxylation sites is 1. The molecule has 0 spiro atoms. The lowest BCUT2D eigenvalue weighted by molar-refractivity contribution is -0.117. The minimum atomic E-state index is -4.63. The monoisotopic (exact) mass is 461 g/mol. The lowest BCUT2D eigenvalue weighted by atomic mass is 10.1. The third-order valence-electron chi connectivity index (χ3n) is 4.68. The number of nitrogens with zero attached hydrogens (tertiary/aromatic N) is 5. The molecular weight excluding hydrogens is 436 g/mol. The van der Waals surface area contributed by atoms with Crippen LogP contribution in [0, 0.1) is 5.92 Å². The summed E-state index contributed by atoms with van der Waals surface area (Å²) < 4.78 is 56.1. The number of hydrogen-bond donors (Lipinski definition) is 3. The van der Waals surface area contributed by atoms with E-state index in [1.54, 1.807) is 30.0 Å². The van der Waals surface area contributed by atoms with Crippen LogP contribution in [0.2, 0.25) is 0 Å². The molecule has 3 N–H and O–H groups in total. The van der Waals surface area contributed by atoms with Gasteiger partial charge in [-0.15, -0.1) is 10.2 Å². The molecule has 1 aliphatic carbocycles. The molecule has 2 aromatic heterocycles. The Morgan fingerprint density at radius 2 is 2.09 bits per heavy atom. The zero-order chi connectivity index (χ0) is 25.4. The van der Waals surface area contributed by atoms with Crippen LogP contribution in [0.5, 0.6) is 5.75 Å². The van der Waals surface area contributed by atoms with E-state index in [-0.39, 0.29) is 23.3 Å². The summed E-state index contributed by atoms with van der Waals surface area (Å²) in [4.78, 5) is 16.4. The third kappa shape index (κ3) is 4.38. The Bertz CT molecular complexity index is 1370. The number of anilines is 3. The summed E-state index contributed by atoms with van der Waals surface area (Å²) in [5, 5.41) is 16.6. The fourth-order valence-electron chi connectivity index (χ4n) is 2.99. The van der Waals surface area contributed by atoms with Gasteiger partial charge in [0.25, 0.3) is 10.0 Å². The quantitative estimate of drug-likeness (QED) is 0.450. The summed E-state index contributed by atoms with van der Waals surface area (Å²) in [5.74, 6) is 0.277. The Morgan fingerprint density at radius 3 is 2.75 bits per heavy atom. The molecule has 1 aliphatic rings. The first-order valence-corrected chi connectivity index (χ1v) is 11.0. The summed E-state index contributed by atoms with van der Waals surface area (Å²) in [6.45, 7) is -3.00. The van der Waals surface area contributed by atoms with Crippen LogP contribution in [-0.4, -0.2) is 53.4 Å². The van der Waals surface area contributed by atoms with Gasteiger partial charge in [0.15, 0.2) is 17.4 Å². The van der Waals surface area contributed by atoms with Gasteiger partial charge in [0.1, 0.15) is 6.33 Å². The van der Waals surface area contributed by atoms with Crippen molar-refractivity contribution in [3.63, 3.8) is 0 Å². The van der Waals surface area contributed by atoms with Gasteiger partial charge < -0.3 is 15.4 Å². The predicted octanol–water partition coefficient (Wildman–Crippen LogP) is 1.28. The fourth-order valence-corrected chi connectivity index (χ4v) is 3.64. The Balaban J connectivity index is 1.77. The summed E-state index contributed by atoms with van der Waals surface area (Å²) in [6.07, 6.45) is 3.03. The average molecular weight is 462 g/mol. The Kier molecular flexibility index (Phi) is 4.80. The zero-order valence-electron chi connectivity index (χ0n) is 20.2. The van der Waals surface area contributed by atoms with E-state index < -0.39 is 22.0 Å².